The second-order valence-corrected chi connectivity index (χ2v) is 7.46. The van der Waals surface area contributed by atoms with Crippen LogP contribution < -0.4 is 9.64 Å². The fourth-order valence-electron chi connectivity index (χ4n) is 3.72. The van der Waals surface area contributed by atoms with E-state index in [0.29, 0.717) is 35.6 Å². The molecule has 4 rings (SSSR count). The lowest BCUT2D eigenvalue weighted by molar-refractivity contribution is 0.0737. The zero-order chi connectivity index (χ0) is 19.7. The number of ether oxygens (including phenoxy) is 1. The van der Waals surface area contributed by atoms with Gasteiger partial charge in [0.15, 0.2) is 10.3 Å². The van der Waals surface area contributed by atoms with Crippen molar-refractivity contribution in [2.75, 3.05) is 38.2 Å². The Balaban J connectivity index is 1.53. The molecule has 0 radical (unpaired) electrons. The second kappa shape index (κ2) is 7.75. The van der Waals surface area contributed by atoms with Gasteiger partial charge in [-0.15, -0.1) is 6.58 Å². The molecule has 1 aromatic carbocycles. The van der Waals surface area contributed by atoms with Gasteiger partial charge in [0.2, 0.25) is 0 Å². The van der Waals surface area contributed by atoms with E-state index in [1.807, 2.05) is 39.8 Å². The van der Waals surface area contributed by atoms with Gasteiger partial charge in [-0.05, 0) is 28.1 Å². The van der Waals surface area contributed by atoms with Gasteiger partial charge in [0.1, 0.15) is 11.4 Å². The van der Waals surface area contributed by atoms with E-state index in [9.17, 15) is 4.79 Å². The molecular weight excluding hydrogens is 422 g/mol. The third kappa shape index (κ3) is 3.30. The van der Waals surface area contributed by atoms with E-state index < -0.39 is 0 Å². The fraction of sp³-hybridized carbons (Fsp3) is 0.286. The summed E-state index contributed by atoms with van der Waals surface area (Å²) in [7, 11) is 1.68. The first-order valence-electron chi connectivity index (χ1n) is 9.19. The number of fused-ring (bicyclic) bond motifs is 1. The molecule has 0 N–H and O–H groups in total. The summed E-state index contributed by atoms with van der Waals surface area (Å²) in [5, 5.41) is 0. The average Bonchev–Trinajstić information content (AvgIpc) is 3.24. The number of carbonyl (C=O) groups excluding carboxylic acids is 1. The summed E-state index contributed by atoms with van der Waals surface area (Å²) in [5.74, 6) is 0.872. The Morgan fingerprint density at radius 3 is 2.71 bits per heavy atom. The zero-order valence-corrected chi connectivity index (χ0v) is 17.3. The Bertz CT molecular complexity index is 1020. The zero-order valence-electron chi connectivity index (χ0n) is 15.7. The number of piperazine rings is 1. The number of hydrogen-bond donors (Lipinski definition) is 0. The van der Waals surface area contributed by atoms with Gasteiger partial charge in [-0.25, -0.2) is 0 Å². The number of rotatable bonds is 5. The van der Waals surface area contributed by atoms with Gasteiger partial charge in [-0.1, -0.05) is 18.2 Å². The maximum absolute atomic E-state index is 13.2. The Hall–Kier alpha value is -2.67. The lowest BCUT2D eigenvalue weighted by atomic mass is 10.2. The monoisotopic (exact) mass is 443 g/mol. The lowest BCUT2D eigenvalue weighted by Crippen LogP contribution is -2.49. The number of anilines is 1. The maximum atomic E-state index is 13.2. The topological polar surface area (TPSA) is 50.9 Å². The molecule has 3 aromatic rings. The number of furan rings is 1. The molecule has 1 aliphatic heterocycles. The quantitative estimate of drug-likeness (QED) is 0.555. The van der Waals surface area contributed by atoms with E-state index in [0.717, 1.165) is 30.0 Å². The second-order valence-electron chi connectivity index (χ2n) is 6.68. The van der Waals surface area contributed by atoms with E-state index in [4.69, 9.17) is 9.15 Å². The minimum Gasteiger partial charge on any atom is -0.495 e. The smallest absolute Gasteiger partial charge is 0.270 e. The molecular formula is C21H22BrN3O3. The van der Waals surface area contributed by atoms with Crippen LogP contribution in [0, 0.1) is 0 Å². The standard InChI is InChI=1S/C21H22BrN3O3/c1-3-8-25-16-14-20(22)28-19(16)13-17(25)21(26)24-11-9-23(10-12-24)15-6-4-5-7-18(15)27-2/h3-7,13-14H,1,8-12H2,2H3. The first-order chi connectivity index (χ1) is 13.6. The van der Waals surface area contributed by atoms with Gasteiger partial charge in [-0.3, -0.25) is 4.79 Å². The highest BCUT2D eigenvalue weighted by molar-refractivity contribution is 9.10. The summed E-state index contributed by atoms with van der Waals surface area (Å²) < 4.78 is 13.7. The number of amides is 1. The SMILES string of the molecule is C=CCn1c(C(=O)N2CCN(c3ccccc3OC)CC2)cc2oc(Br)cc21. The van der Waals surface area contributed by atoms with Gasteiger partial charge in [0.25, 0.3) is 5.91 Å². The van der Waals surface area contributed by atoms with Crippen molar-refractivity contribution in [3.05, 3.63) is 59.4 Å². The molecule has 1 amide bonds. The summed E-state index contributed by atoms with van der Waals surface area (Å²) in [4.78, 5) is 17.3. The van der Waals surface area contributed by atoms with Crippen molar-refractivity contribution in [1.82, 2.24) is 9.47 Å². The molecule has 0 aliphatic carbocycles. The molecule has 1 fully saturated rings. The Kier molecular flexibility index (Phi) is 5.17. The Morgan fingerprint density at radius 1 is 1.25 bits per heavy atom. The number of allylic oxidation sites excluding steroid dienone is 1. The number of hydrogen-bond acceptors (Lipinski definition) is 4. The van der Waals surface area contributed by atoms with E-state index in [1.54, 1.807) is 13.2 Å². The first kappa shape index (κ1) is 18.7. The van der Waals surface area contributed by atoms with Crippen LogP contribution in [0.5, 0.6) is 5.75 Å². The minimum absolute atomic E-state index is 0.0176. The predicted octanol–water partition coefficient (Wildman–Crippen LogP) is 4.15. The van der Waals surface area contributed by atoms with Crippen LogP contribution in [-0.4, -0.2) is 48.7 Å². The van der Waals surface area contributed by atoms with Crippen LogP contribution in [0.2, 0.25) is 0 Å². The molecule has 6 nitrogen and oxygen atoms in total. The van der Waals surface area contributed by atoms with Gasteiger partial charge in [0, 0.05) is 44.9 Å². The van der Waals surface area contributed by atoms with Gasteiger partial charge in [-0.2, -0.15) is 0 Å². The molecule has 146 valence electrons. The van der Waals surface area contributed by atoms with E-state index >= 15 is 0 Å². The van der Waals surface area contributed by atoms with Crippen LogP contribution in [0.4, 0.5) is 5.69 Å². The molecule has 1 saturated heterocycles. The number of aromatic nitrogens is 1. The summed E-state index contributed by atoms with van der Waals surface area (Å²) in [6.45, 7) is 7.20. The molecule has 0 bridgehead atoms. The first-order valence-corrected chi connectivity index (χ1v) is 9.98. The van der Waals surface area contributed by atoms with Crippen molar-refractivity contribution in [2.24, 2.45) is 0 Å². The van der Waals surface area contributed by atoms with Crippen LogP contribution in [0.3, 0.4) is 0 Å². The normalized spacial score (nSPS) is 14.5. The van der Waals surface area contributed by atoms with Crippen molar-refractivity contribution in [3.63, 3.8) is 0 Å². The van der Waals surface area contributed by atoms with Crippen molar-refractivity contribution in [1.29, 1.82) is 0 Å². The molecule has 0 atom stereocenters. The van der Waals surface area contributed by atoms with Crippen LogP contribution >= 0.6 is 15.9 Å². The van der Waals surface area contributed by atoms with Crippen LogP contribution in [0.25, 0.3) is 11.1 Å². The maximum Gasteiger partial charge on any atom is 0.270 e. The number of para-hydroxylation sites is 2. The largest absolute Gasteiger partial charge is 0.495 e. The van der Waals surface area contributed by atoms with Crippen LogP contribution in [-0.2, 0) is 6.54 Å². The molecule has 0 unspecified atom stereocenters. The molecule has 0 saturated carbocycles. The van der Waals surface area contributed by atoms with Crippen LogP contribution in [0.1, 0.15) is 10.5 Å². The highest BCUT2D eigenvalue weighted by Gasteiger charge is 2.27. The third-order valence-corrected chi connectivity index (χ3v) is 5.47. The van der Waals surface area contributed by atoms with Gasteiger partial charge in [0.05, 0.1) is 18.3 Å². The summed E-state index contributed by atoms with van der Waals surface area (Å²) in [5.41, 5.74) is 3.29. The predicted molar refractivity (Wildman–Crippen MR) is 113 cm³/mol. The molecule has 3 heterocycles. The van der Waals surface area contributed by atoms with Gasteiger partial charge >= 0.3 is 0 Å². The number of carbonyl (C=O) groups is 1. The molecule has 1 aliphatic rings. The highest BCUT2D eigenvalue weighted by Crippen LogP contribution is 2.30. The number of halogens is 1. The highest BCUT2D eigenvalue weighted by atomic mass is 79.9. The number of nitrogens with zero attached hydrogens (tertiary/aromatic N) is 3. The Labute approximate surface area is 172 Å². The molecule has 28 heavy (non-hydrogen) atoms. The van der Waals surface area contributed by atoms with Crippen LogP contribution in [0.15, 0.2) is 58.1 Å². The minimum atomic E-state index is 0.0176. The molecule has 0 spiro atoms. The summed E-state index contributed by atoms with van der Waals surface area (Å²) in [6, 6.07) is 11.7. The number of benzene rings is 1. The van der Waals surface area contributed by atoms with Gasteiger partial charge < -0.3 is 23.5 Å². The van der Waals surface area contributed by atoms with Crippen molar-refractivity contribution in [3.8, 4) is 5.75 Å². The van der Waals surface area contributed by atoms with Crippen molar-refractivity contribution >= 4 is 38.6 Å². The molecule has 2 aromatic heterocycles. The van der Waals surface area contributed by atoms with E-state index in [2.05, 4.69) is 33.5 Å². The Morgan fingerprint density at radius 2 is 2.00 bits per heavy atom. The number of methoxy groups -OCH3 is 1. The molecule has 7 heteroatoms. The third-order valence-electron chi connectivity index (χ3n) is 5.08. The average molecular weight is 444 g/mol. The van der Waals surface area contributed by atoms with E-state index in [1.165, 1.54) is 0 Å². The van der Waals surface area contributed by atoms with E-state index in [-0.39, 0.29) is 5.91 Å². The van der Waals surface area contributed by atoms with Crippen molar-refractivity contribution in [2.45, 2.75) is 6.54 Å². The fourth-order valence-corrected chi connectivity index (χ4v) is 4.11. The summed E-state index contributed by atoms with van der Waals surface area (Å²) in [6.07, 6.45) is 1.79. The van der Waals surface area contributed by atoms with Crippen molar-refractivity contribution < 1.29 is 13.9 Å². The lowest BCUT2D eigenvalue weighted by Gasteiger charge is -2.36. The summed E-state index contributed by atoms with van der Waals surface area (Å²) >= 11 is 3.35.